The molecule has 0 N–H and O–H groups in total. The van der Waals surface area contributed by atoms with Gasteiger partial charge in [0.15, 0.2) is 0 Å². The van der Waals surface area contributed by atoms with Gasteiger partial charge in [-0.2, -0.15) is 0 Å². The monoisotopic (exact) mass is 320 g/mol. The van der Waals surface area contributed by atoms with Crippen molar-refractivity contribution >= 4 is 15.9 Å². The number of ether oxygens (including phenoxy) is 1. The Balaban J connectivity index is 1.88. The zero-order chi connectivity index (χ0) is 13.2. The van der Waals surface area contributed by atoms with Gasteiger partial charge < -0.3 is 9.15 Å². The fourth-order valence-electron chi connectivity index (χ4n) is 2.42. The normalized spacial score (nSPS) is 15.7. The Morgan fingerprint density at radius 3 is 2.95 bits per heavy atom. The smallest absolute Gasteiger partial charge is 0.122 e. The molecule has 2 heterocycles. The summed E-state index contributed by atoms with van der Waals surface area (Å²) >= 11 is 3.73. The van der Waals surface area contributed by atoms with Crippen molar-refractivity contribution in [3.05, 3.63) is 53.0 Å². The van der Waals surface area contributed by atoms with E-state index < -0.39 is 0 Å². The van der Waals surface area contributed by atoms with E-state index in [1.807, 2.05) is 12.1 Å². The van der Waals surface area contributed by atoms with Gasteiger partial charge in [-0.25, -0.2) is 0 Å². The highest BCUT2D eigenvalue weighted by atomic mass is 79.9. The summed E-state index contributed by atoms with van der Waals surface area (Å²) in [4.78, 5) is 0.111. The van der Waals surface area contributed by atoms with Crippen molar-refractivity contribution in [1.82, 2.24) is 0 Å². The largest absolute Gasteiger partial charge is 0.493 e. The summed E-state index contributed by atoms with van der Waals surface area (Å²) in [6.07, 6.45) is 3.13. The van der Waals surface area contributed by atoms with E-state index in [4.69, 9.17) is 9.15 Å². The lowest BCUT2D eigenvalue weighted by molar-refractivity contribution is 0.288. The molecule has 0 radical (unpaired) electrons. The number of alkyl halides is 1. The lowest BCUT2D eigenvalue weighted by Gasteiger charge is -2.19. The van der Waals surface area contributed by atoms with Gasteiger partial charge in [0, 0.05) is 6.42 Å². The summed E-state index contributed by atoms with van der Waals surface area (Å²) in [6, 6.07) is 10.5. The molecule has 0 bridgehead atoms. The summed E-state index contributed by atoms with van der Waals surface area (Å²) in [5.41, 5.74) is 2.52. The van der Waals surface area contributed by atoms with E-state index in [0.717, 1.165) is 43.1 Å². The molecule has 1 aliphatic heterocycles. The van der Waals surface area contributed by atoms with E-state index in [1.165, 1.54) is 11.1 Å². The van der Waals surface area contributed by atoms with Gasteiger partial charge >= 0.3 is 0 Å². The topological polar surface area (TPSA) is 22.4 Å². The van der Waals surface area contributed by atoms with Crippen LogP contribution in [0.1, 0.15) is 40.8 Å². The molecule has 1 aromatic carbocycles. The molecule has 3 rings (SSSR count). The standard InChI is InChI=1S/C16H17BrO2/c1-2-13-6-8-15(19-13)16(17)12-5-7-14-11(10-12)4-3-9-18-14/h5-8,10,16H,2-4,9H2,1H3. The van der Waals surface area contributed by atoms with E-state index >= 15 is 0 Å². The van der Waals surface area contributed by atoms with Crippen LogP contribution in [0.4, 0.5) is 0 Å². The minimum atomic E-state index is 0.111. The quantitative estimate of drug-likeness (QED) is 0.768. The number of halogens is 1. The second kappa shape index (κ2) is 5.41. The molecule has 1 unspecified atom stereocenters. The maximum absolute atomic E-state index is 5.81. The van der Waals surface area contributed by atoms with Crippen molar-refractivity contribution in [3.8, 4) is 5.75 Å². The third kappa shape index (κ3) is 2.57. The summed E-state index contributed by atoms with van der Waals surface area (Å²) < 4.78 is 11.5. The first kappa shape index (κ1) is 12.8. The lowest BCUT2D eigenvalue weighted by atomic mass is 10.0. The Morgan fingerprint density at radius 2 is 2.16 bits per heavy atom. The highest BCUT2D eigenvalue weighted by molar-refractivity contribution is 9.09. The second-order valence-corrected chi connectivity index (χ2v) is 5.76. The molecule has 1 atom stereocenters. The molecule has 2 aromatic rings. The minimum absolute atomic E-state index is 0.111. The zero-order valence-electron chi connectivity index (χ0n) is 11.0. The molecule has 0 aliphatic carbocycles. The van der Waals surface area contributed by atoms with Crippen LogP contribution in [0.15, 0.2) is 34.7 Å². The van der Waals surface area contributed by atoms with Crippen LogP contribution in [-0.4, -0.2) is 6.61 Å². The van der Waals surface area contributed by atoms with Gasteiger partial charge in [0.05, 0.1) is 11.4 Å². The second-order valence-electron chi connectivity index (χ2n) is 4.84. The number of fused-ring (bicyclic) bond motifs is 1. The number of rotatable bonds is 3. The third-order valence-corrected chi connectivity index (χ3v) is 4.49. The average Bonchev–Trinajstić information content (AvgIpc) is 2.95. The molecule has 0 amide bonds. The first-order valence-corrected chi connectivity index (χ1v) is 7.68. The van der Waals surface area contributed by atoms with Gasteiger partial charge in [-0.3, -0.25) is 0 Å². The van der Waals surface area contributed by atoms with Crippen molar-refractivity contribution in [2.75, 3.05) is 6.61 Å². The first-order valence-electron chi connectivity index (χ1n) is 6.76. The van der Waals surface area contributed by atoms with Gasteiger partial charge in [-0.1, -0.05) is 35.0 Å². The van der Waals surface area contributed by atoms with Gasteiger partial charge in [-0.05, 0) is 42.2 Å². The van der Waals surface area contributed by atoms with Crippen LogP contribution >= 0.6 is 15.9 Å². The molecular formula is C16H17BrO2. The highest BCUT2D eigenvalue weighted by Crippen LogP contribution is 2.35. The van der Waals surface area contributed by atoms with Gasteiger partial charge in [0.25, 0.3) is 0 Å². The van der Waals surface area contributed by atoms with Crippen molar-refractivity contribution < 1.29 is 9.15 Å². The molecule has 0 spiro atoms. The van der Waals surface area contributed by atoms with Crippen LogP contribution in [-0.2, 0) is 12.8 Å². The molecule has 1 aromatic heterocycles. The van der Waals surface area contributed by atoms with Crippen molar-refractivity contribution in [1.29, 1.82) is 0 Å². The first-order chi connectivity index (χ1) is 9.28. The summed E-state index contributed by atoms with van der Waals surface area (Å²) in [5, 5.41) is 0. The van der Waals surface area contributed by atoms with E-state index in [1.54, 1.807) is 0 Å². The fraction of sp³-hybridized carbons (Fsp3) is 0.375. The Kier molecular flexibility index (Phi) is 3.65. The zero-order valence-corrected chi connectivity index (χ0v) is 12.6. The lowest BCUT2D eigenvalue weighted by Crippen LogP contribution is -2.08. The van der Waals surface area contributed by atoms with Crippen LogP contribution in [0, 0.1) is 0 Å². The Morgan fingerprint density at radius 1 is 1.26 bits per heavy atom. The van der Waals surface area contributed by atoms with Crippen molar-refractivity contribution in [2.24, 2.45) is 0 Å². The minimum Gasteiger partial charge on any atom is -0.493 e. The summed E-state index contributed by atoms with van der Waals surface area (Å²) in [7, 11) is 0. The van der Waals surface area contributed by atoms with Gasteiger partial charge in [0.2, 0.25) is 0 Å². The molecular weight excluding hydrogens is 304 g/mol. The molecule has 19 heavy (non-hydrogen) atoms. The number of furan rings is 1. The molecule has 2 nitrogen and oxygen atoms in total. The van der Waals surface area contributed by atoms with Crippen LogP contribution in [0.2, 0.25) is 0 Å². The maximum Gasteiger partial charge on any atom is 0.122 e. The Labute approximate surface area is 121 Å². The molecule has 3 heteroatoms. The maximum atomic E-state index is 5.81. The SMILES string of the molecule is CCc1ccc(C(Br)c2ccc3c(c2)CCCO3)o1. The number of benzene rings is 1. The molecule has 0 fully saturated rings. The van der Waals surface area contributed by atoms with Crippen LogP contribution in [0.5, 0.6) is 5.75 Å². The number of hydrogen-bond donors (Lipinski definition) is 0. The number of aryl methyl sites for hydroxylation is 2. The third-order valence-electron chi connectivity index (χ3n) is 3.51. The van der Waals surface area contributed by atoms with Gasteiger partial charge in [-0.15, -0.1) is 0 Å². The molecule has 0 saturated heterocycles. The molecule has 1 aliphatic rings. The Hall–Kier alpha value is -1.22. The predicted molar refractivity (Wildman–Crippen MR) is 79.1 cm³/mol. The van der Waals surface area contributed by atoms with Gasteiger partial charge in [0.1, 0.15) is 17.3 Å². The molecule has 100 valence electrons. The van der Waals surface area contributed by atoms with E-state index in [9.17, 15) is 0 Å². The number of hydrogen-bond acceptors (Lipinski definition) is 2. The van der Waals surface area contributed by atoms with E-state index in [2.05, 4.69) is 41.1 Å². The average molecular weight is 321 g/mol. The van der Waals surface area contributed by atoms with Crippen LogP contribution < -0.4 is 4.74 Å². The molecule has 0 saturated carbocycles. The summed E-state index contributed by atoms with van der Waals surface area (Å²) in [5.74, 6) is 3.03. The van der Waals surface area contributed by atoms with Crippen molar-refractivity contribution in [2.45, 2.75) is 31.0 Å². The van der Waals surface area contributed by atoms with Crippen LogP contribution in [0.3, 0.4) is 0 Å². The van der Waals surface area contributed by atoms with Crippen molar-refractivity contribution in [3.63, 3.8) is 0 Å². The Bertz CT molecular complexity index is 574. The highest BCUT2D eigenvalue weighted by Gasteiger charge is 2.17. The summed E-state index contributed by atoms with van der Waals surface area (Å²) in [6.45, 7) is 2.93. The van der Waals surface area contributed by atoms with E-state index in [-0.39, 0.29) is 4.83 Å². The van der Waals surface area contributed by atoms with Crippen LogP contribution in [0.25, 0.3) is 0 Å². The fourth-order valence-corrected chi connectivity index (χ4v) is 2.95. The predicted octanol–water partition coefficient (Wildman–Crippen LogP) is 4.65. The van der Waals surface area contributed by atoms with E-state index in [0.29, 0.717) is 0 Å².